The van der Waals surface area contributed by atoms with Crippen molar-refractivity contribution in [1.82, 2.24) is 0 Å². The summed E-state index contributed by atoms with van der Waals surface area (Å²) in [4.78, 5) is 24.6. The molecule has 8 aliphatic rings. The quantitative estimate of drug-likeness (QED) is 0.271. The number of carbonyl (C=O) groups is 2. The summed E-state index contributed by atoms with van der Waals surface area (Å²) in [5, 5.41) is 0. The number of alkyl halides is 2. The van der Waals surface area contributed by atoms with Crippen molar-refractivity contribution in [1.29, 1.82) is 0 Å². The first-order valence-corrected chi connectivity index (χ1v) is 13.6. The second-order valence-corrected chi connectivity index (χ2v) is 12.7. The Hall–Kier alpha value is -1.24. The molecule has 8 saturated carbocycles. The van der Waals surface area contributed by atoms with Crippen LogP contribution in [0.3, 0.4) is 0 Å². The molecule has 190 valence electrons. The largest absolute Gasteiger partial charge is 0.457 e. The maximum Gasteiger partial charge on any atom is 0.376 e. The Kier molecular flexibility index (Phi) is 5.93. The van der Waals surface area contributed by atoms with E-state index in [1.165, 1.54) is 32.1 Å². The zero-order valence-electron chi connectivity index (χ0n) is 20.1. The molecule has 0 aromatic rings. The maximum absolute atomic E-state index is 13.5. The molecule has 0 spiro atoms. The molecule has 0 heterocycles. The average Bonchev–Trinajstić information content (AvgIpc) is 2.76. The third-order valence-corrected chi connectivity index (χ3v) is 10.6. The fourth-order valence-corrected chi connectivity index (χ4v) is 9.56. The van der Waals surface area contributed by atoms with E-state index in [4.69, 9.17) is 14.2 Å². The van der Waals surface area contributed by atoms with Crippen molar-refractivity contribution in [2.45, 2.75) is 83.2 Å². The van der Waals surface area contributed by atoms with Crippen LogP contribution in [0.4, 0.5) is 8.78 Å². The van der Waals surface area contributed by atoms with Crippen LogP contribution in [0, 0.1) is 59.2 Å². The Morgan fingerprint density at radius 1 is 0.794 bits per heavy atom. The van der Waals surface area contributed by atoms with E-state index in [1.54, 1.807) is 0 Å². The van der Waals surface area contributed by atoms with Crippen molar-refractivity contribution in [3.05, 3.63) is 0 Å². The van der Waals surface area contributed by atoms with E-state index in [9.17, 15) is 18.4 Å². The molecule has 8 aliphatic carbocycles. The number of rotatable bonds is 8. The highest BCUT2D eigenvalue weighted by molar-refractivity contribution is 5.77. The molecule has 8 fully saturated rings. The minimum Gasteiger partial charge on any atom is -0.457 e. The second-order valence-electron chi connectivity index (χ2n) is 12.7. The number of hydrogen-bond donors (Lipinski definition) is 0. The van der Waals surface area contributed by atoms with Crippen LogP contribution in [0.15, 0.2) is 0 Å². The van der Waals surface area contributed by atoms with E-state index in [2.05, 4.69) is 0 Å². The molecule has 0 N–H and O–H groups in total. The van der Waals surface area contributed by atoms with Gasteiger partial charge in [0.15, 0.2) is 6.79 Å². The molecule has 0 radical (unpaired) electrons. The fraction of sp³-hybridized carbons (Fsp3) is 0.926. The van der Waals surface area contributed by atoms with Gasteiger partial charge in [-0.2, -0.15) is 8.78 Å². The lowest BCUT2D eigenvalue weighted by molar-refractivity contribution is -0.203. The Bertz CT molecular complexity index is 781. The summed E-state index contributed by atoms with van der Waals surface area (Å²) >= 11 is 0. The van der Waals surface area contributed by atoms with Crippen molar-refractivity contribution in [2.24, 2.45) is 59.2 Å². The molecule has 8 rings (SSSR count). The van der Waals surface area contributed by atoms with Gasteiger partial charge in [-0.15, -0.1) is 0 Å². The van der Waals surface area contributed by atoms with E-state index in [-0.39, 0.29) is 36.9 Å². The van der Waals surface area contributed by atoms with Crippen molar-refractivity contribution >= 4 is 11.9 Å². The fourth-order valence-electron chi connectivity index (χ4n) is 9.56. The van der Waals surface area contributed by atoms with Gasteiger partial charge in [-0.1, -0.05) is 0 Å². The number of halogens is 2. The molecule has 0 amide bonds. The van der Waals surface area contributed by atoms with Crippen molar-refractivity contribution in [3.8, 4) is 0 Å². The van der Waals surface area contributed by atoms with Crippen molar-refractivity contribution in [2.75, 3.05) is 13.4 Å². The zero-order chi connectivity index (χ0) is 23.6. The van der Waals surface area contributed by atoms with Crippen molar-refractivity contribution in [3.63, 3.8) is 0 Å². The van der Waals surface area contributed by atoms with Gasteiger partial charge in [0.1, 0.15) is 6.10 Å². The summed E-state index contributed by atoms with van der Waals surface area (Å²) in [6, 6.07) is 0. The van der Waals surface area contributed by atoms with Gasteiger partial charge < -0.3 is 14.2 Å². The molecule has 5 nitrogen and oxygen atoms in total. The SMILES string of the molecule is CC(F)(F)C(=O)OC1C2CC3CC(C2)C(CC(=O)OCOCC2C4CC5CC(C4)CC2C5)C1C3. The van der Waals surface area contributed by atoms with Crippen LogP contribution >= 0.6 is 0 Å². The monoisotopic (exact) mass is 480 g/mol. The first-order valence-electron chi connectivity index (χ1n) is 13.6. The topological polar surface area (TPSA) is 61.8 Å². The van der Waals surface area contributed by atoms with E-state index in [1.807, 2.05) is 0 Å². The lowest BCUT2D eigenvalue weighted by Crippen LogP contribution is -2.56. The van der Waals surface area contributed by atoms with Gasteiger partial charge in [0.05, 0.1) is 6.61 Å². The van der Waals surface area contributed by atoms with Gasteiger partial charge in [-0.05, 0) is 111 Å². The highest BCUT2D eigenvalue weighted by atomic mass is 19.3. The smallest absolute Gasteiger partial charge is 0.376 e. The first-order chi connectivity index (χ1) is 16.2. The van der Waals surface area contributed by atoms with Crippen LogP contribution in [0.5, 0.6) is 0 Å². The normalized spacial score (nSPS) is 46.0. The lowest BCUT2D eigenvalue weighted by atomic mass is 9.50. The maximum atomic E-state index is 13.5. The molecular formula is C27H38F2O5. The van der Waals surface area contributed by atoms with E-state index in [0.717, 1.165) is 49.4 Å². The molecular weight excluding hydrogens is 442 g/mol. The molecule has 0 aromatic heterocycles. The van der Waals surface area contributed by atoms with Crippen LogP contribution < -0.4 is 0 Å². The number of esters is 2. The number of carbonyl (C=O) groups excluding carboxylic acids is 2. The minimum absolute atomic E-state index is 0.00456. The predicted molar refractivity (Wildman–Crippen MR) is 118 cm³/mol. The van der Waals surface area contributed by atoms with Gasteiger partial charge in [-0.3, -0.25) is 4.79 Å². The van der Waals surface area contributed by atoms with Gasteiger partial charge >= 0.3 is 17.9 Å². The van der Waals surface area contributed by atoms with Crippen molar-refractivity contribution < 1.29 is 32.6 Å². The summed E-state index contributed by atoms with van der Waals surface area (Å²) < 4.78 is 43.6. The summed E-state index contributed by atoms with van der Waals surface area (Å²) in [5.41, 5.74) is 0. The summed E-state index contributed by atoms with van der Waals surface area (Å²) in [7, 11) is 0. The van der Waals surface area contributed by atoms with Crippen LogP contribution in [-0.2, 0) is 23.8 Å². The summed E-state index contributed by atoms with van der Waals surface area (Å²) in [6.45, 7) is 1.27. The Balaban J connectivity index is 0.994. The molecule has 7 heteroatoms. The highest BCUT2D eigenvalue weighted by Crippen LogP contribution is 2.59. The molecule has 8 bridgehead atoms. The minimum atomic E-state index is -3.49. The second kappa shape index (κ2) is 8.70. The van der Waals surface area contributed by atoms with Crippen LogP contribution in [0.1, 0.15) is 71.1 Å². The molecule has 6 atom stereocenters. The van der Waals surface area contributed by atoms with Crippen LogP contribution in [0.2, 0.25) is 0 Å². The van der Waals surface area contributed by atoms with Gasteiger partial charge in [0.2, 0.25) is 0 Å². The van der Waals surface area contributed by atoms with Crippen LogP contribution in [0.25, 0.3) is 0 Å². The third-order valence-electron chi connectivity index (χ3n) is 10.6. The Morgan fingerprint density at radius 2 is 1.38 bits per heavy atom. The molecule has 34 heavy (non-hydrogen) atoms. The predicted octanol–water partition coefficient (Wildman–Crippen LogP) is 5.22. The number of hydrogen-bond acceptors (Lipinski definition) is 5. The summed E-state index contributed by atoms with van der Waals surface area (Å²) in [6.07, 6.45) is 10.3. The molecule has 0 saturated heterocycles. The third kappa shape index (κ3) is 4.28. The number of ether oxygens (including phenoxy) is 3. The molecule has 0 aliphatic heterocycles. The molecule has 0 aromatic carbocycles. The van der Waals surface area contributed by atoms with Crippen LogP contribution in [-0.4, -0.2) is 37.4 Å². The Labute approximate surface area is 200 Å². The van der Waals surface area contributed by atoms with Gasteiger partial charge in [-0.25, -0.2) is 4.79 Å². The lowest BCUT2D eigenvalue weighted by Gasteiger charge is -2.57. The Morgan fingerprint density at radius 3 is 2.03 bits per heavy atom. The van der Waals surface area contributed by atoms with E-state index < -0.39 is 18.0 Å². The highest BCUT2D eigenvalue weighted by Gasteiger charge is 2.56. The zero-order valence-corrected chi connectivity index (χ0v) is 20.1. The van der Waals surface area contributed by atoms with E-state index >= 15 is 0 Å². The molecule has 6 unspecified atom stereocenters. The standard InChI is InChI=1S/C27H38F2O5/c1-27(28,29)26(31)34-25-20-8-16-7-19(10-20)21(22(25)9-16)11-24(30)33-13-32-12-23-17-3-14-2-15(5-17)6-18(23)4-14/h14-23,25H,2-13H2,1H3. The van der Waals surface area contributed by atoms with Gasteiger partial charge in [0, 0.05) is 19.3 Å². The van der Waals surface area contributed by atoms with E-state index in [0.29, 0.717) is 31.3 Å². The average molecular weight is 481 g/mol. The van der Waals surface area contributed by atoms with Gasteiger partial charge in [0.25, 0.3) is 0 Å². The first kappa shape index (κ1) is 23.2. The summed E-state index contributed by atoms with van der Waals surface area (Å²) in [5.74, 6) is -0.0526.